The minimum atomic E-state index is -0.0128. The topological polar surface area (TPSA) is 45.2 Å². The van der Waals surface area contributed by atoms with Gasteiger partial charge in [-0.1, -0.05) is 30.0 Å². The van der Waals surface area contributed by atoms with Crippen molar-refractivity contribution in [1.29, 1.82) is 0 Å². The fraction of sp³-hybridized carbons (Fsp3) is 0.429. The summed E-state index contributed by atoms with van der Waals surface area (Å²) in [7, 11) is 0. The van der Waals surface area contributed by atoms with Crippen LogP contribution in [-0.2, 0) is 0 Å². The Morgan fingerprint density at radius 1 is 1.08 bits per heavy atom. The number of nitrogens with zero attached hydrogens (tertiary/aromatic N) is 2. The molecule has 0 spiro atoms. The van der Waals surface area contributed by atoms with Gasteiger partial charge in [0.1, 0.15) is 5.03 Å². The molecule has 136 valence electrons. The van der Waals surface area contributed by atoms with Crippen molar-refractivity contribution in [1.82, 2.24) is 15.2 Å². The van der Waals surface area contributed by atoms with Crippen LogP contribution in [0, 0.1) is 5.92 Å². The number of hydrogen-bond acceptors (Lipinski definition) is 4. The van der Waals surface area contributed by atoms with E-state index in [1.54, 1.807) is 6.20 Å². The number of aromatic nitrogens is 1. The zero-order chi connectivity index (χ0) is 17.8. The van der Waals surface area contributed by atoms with E-state index < -0.39 is 0 Å². The summed E-state index contributed by atoms with van der Waals surface area (Å²) in [6, 6.07) is 14.6. The van der Waals surface area contributed by atoms with Crippen LogP contribution in [0.25, 0.3) is 0 Å². The average molecular weight is 368 g/mol. The Labute approximate surface area is 159 Å². The van der Waals surface area contributed by atoms with Gasteiger partial charge in [-0.2, -0.15) is 0 Å². The summed E-state index contributed by atoms with van der Waals surface area (Å²) in [4.78, 5) is 20.8. The van der Waals surface area contributed by atoms with E-state index in [1.165, 1.54) is 50.5 Å². The van der Waals surface area contributed by atoms with Crippen LogP contribution < -0.4 is 5.32 Å². The fourth-order valence-electron chi connectivity index (χ4n) is 3.54. The van der Waals surface area contributed by atoms with E-state index in [-0.39, 0.29) is 5.91 Å². The first-order valence-corrected chi connectivity index (χ1v) is 10.3. The van der Waals surface area contributed by atoms with Gasteiger partial charge in [0.25, 0.3) is 5.91 Å². The highest BCUT2D eigenvalue weighted by atomic mass is 32.2. The molecule has 0 bridgehead atoms. The number of nitrogens with one attached hydrogen (secondary N) is 1. The molecule has 0 radical (unpaired) electrons. The van der Waals surface area contributed by atoms with Gasteiger partial charge < -0.3 is 10.2 Å². The lowest BCUT2D eigenvalue weighted by Crippen LogP contribution is -2.39. The standard InChI is InChI=1S/C21H25N3OS/c25-20(23-15-16-10-13-24(14-11-16)17-8-9-17)19-7-4-12-22-21(19)26-18-5-2-1-3-6-18/h1-7,12,16-17H,8-11,13-15H2,(H,23,25). The first-order chi connectivity index (χ1) is 12.8. The van der Waals surface area contributed by atoms with Gasteiger partial charge in [0, 0.05) is 23.7 Å². The van der Waals surface area contributed by atoms with Crippen LogP contribution in [-0.4, -0.2) is 41.5 Å². The average Bonchev–Trinajstić information content (AvgIpc) is 3.53. The quantitative estimate of drug-likeness (QED) is 0.843. The van der Waals surface area contributed by atoms with Gasteiger partial charge in [0.2, 0.25) is 0 Å². The molecule has 2 aromatic rings. The monoisotopic (exact) mass is 367 g/mol. The third kappa shape index (κ3) is 4.46. The fourth-order valence-corrected chi connectivity index (χ4v) is 4.44. The molecule has 5 heteroatoms. The summed E-state index contributed by atoms with van der Waals surface area (Å²) in [5.74, 6) is 0.581. The highest BCUT2D eigenvalue weighted by Gasteiger charge is 2.31. The number of likely N-dealkylation sites (tertiary alicyclic amines) is 1. The summed E-state index contributed by atoms with van der Waals surface area (Å²) in [5, 5.41) is 3.91. The second kappa shape index (κ2) is 8.23. The Balaban J connectivity index is 1.33. The minimum absolute atomic E-state index is 0.0128. The largest absolute Gasteiger partial charge is 0.352 e. The van der Waals surface area contributed by atoms with Crippen molar-refractivity contribution in [3.8, 4) is 0 Å². The third-order valence-corrected chi connectivity index (χ3v) is 6.26. The third-order valence-electron chi connectivity index (χ3n) is 5.24. The number of benzene rings is 1. The Kier molecular flexibility index (Phi) is 5.56. The lowest BCUT2D eigenvalue weighted by molar-refractivity contribution is 0.0931. The molecule has 1 aromatic heterocycles. The molecule has 1 aromatic carbocycles. The maximum atomic E-state index is 12.7. The first kappa shape index (κ1) is 17.6. The molecule has 1 amide bonds. The van der Waals surface area contributed by atoms with Gasteiger partial charge in [0.05, 0.1) is 5.56 Å². The molecule has 2 aliphatic rings. The van der Waals surface area contributed by atoms with Gasteiger partial charge in [-0.15, -0.1) is 0 Å². The number of amides is 1. The molecule has 4 nitrogen and oxygen atoms in total. The van der Waals surface area contributed by atoms with Gasteiger partial charge in [-0.3, -0.25) is 4.79 Å². The van der Waals surface area contributed by atoms with E-state index in [4.69, 9.17) is 0 Å². The van der Waals surface area contributed by atoms with E-state index in [9.17, 15) is 4.79 Å². The van der Waals surface area contributed by atoms with E-state index in [0.29, 0.717) is 11.5 Å². The van der Waals surface area contributed by atoms with E-state index in [1.807, 2.05) is 42.5 Å². The molecular formula is C21H25N3OS. The molecule has 1 saturated carbocycles. The maximum Gasteiger partial charge on any atom is 0.254 e. The lowest BCUT2D eigenvalue weighted by atomic mass is 9.96. The normalized spacial score (nSPS) is 18.6. The van der Waals surface area contributed by atoms with Crippen LogP contribution in [0.1, 0.15) is 36.0 Å². The smallest absolute Gasteiger partial charge is 0.254 e. The predicted octanol–water partition coefficient (Wildman–Crippen LogP) is 3.84. The minimum Gasteiger partial charge on any atom is -0.352 e. The number of pyridine rings is 1. The molecule has 2 fully saturated rings. The Morgan fingerprint density at radius 3 is 2.58 bits per heavy atom. The SMILES string of the molecule is O=C(NCC1CCN(C2CC2)CC1)c1cccnc1Sc1ccccc1. The molecule has 26 heavy (non-hydrogen) atoms. The number of piperidine rings is 1. The van der Waals surface area contributed by atoms with Crippen molar-refractivity contribution in [3.63, 3.8) is 0 Å². The molecule has 2 heterocycles. The van der Waals surface area contributed by atoms with Gasteiger partial charge in [-0.05, 0) is 69.0 Å². The summed E-state index contributed by atoms with van der Waals surface area (Å²) in [6.07, 6.45) is 6.88. The summed E-state index contributed by atoms with van der Waals surface area (Å²) >= 11 is 1.54. The Bertz CT molecular complexity index is 740. The van der Waals surface area contributed by atoms with Crippen LogP contribution in [0.4, 0.5) is 0 Å². The van der Waals surface area contributed by atoms with Crippen molar-refractivity contribution in [3.05, 3.63) is 54.2 Å². The van der Waals surface area contributed by atoms with Gasteiger partial charge in [-0.25, -0.2) is 4.98 Å². The molecule has 1 aliphatic carbocycles. The van der Waals surface area contributed by atoms with Crippen LogP contribution in [0.3, 0.4) is 0 Å². The molecule has 1 aliphatic heterocycles. The highest BCUT2D eigenvalue weighted by molar-refractivity contribution is 7.99. The highest BCUT2D eigenvalue weighted by Crippen LogP contribution is 2.31. The number of carbonyl (C=O) groups is 1. The van der Waals surface area contributed by atoms with Crippen molar-refractivity contribution in [2.45, 2.75) is 41.6 Å². The van der Waals surface area contributed by atoms with E-state index in [2.05, 4.69) is 15.2 Å². The maximum absolute atomic E-state index is 12.7. The number of carbonyl (C=O) groups excluding carboxylic acids is 1. The van der Waals surface area contributed by atoms with Gasteiger partial charge in [0.15, 0.2) is 0 Å². The van der Waals surface area contributed by atoms with E-state index in [0.717, 1.165) is 22.5 Å². The predicted molar refractivity (Wildman–Crippen MR) is 104 cm³/mol. The van der Waals surface area contributed by atoms with E-state index >= 15 is 0 Å². The Hall–Kier alpha value is -1.85. The van der Waals surface area contributed by atoms with Gasteiger partial charge >= 0.3 is 0 Å². The lowest BCUT2D eigenvalue weighted by Gasteiger charge is -2.32. The molecule has 0 unspecified atom stereocenters. The second-order valence-corrected chi connectivity index (χ2v) is 8.25. The molecule has 0 atom stereocenters. The van der Waals surface area contributed by atoms with Crippen molar-refractivity contribution >= 4 is 17.7 Å². The molecule has 1 saturated heterocycles. The van der Waals surface area contributed by atoms with Crippen molar-refractivity contribution in [2.24, 2.45) is 5.92 Å². The zero-order valence-electron chi connectivity index (χ0n) is 14.9. The number of rotatable bonds is 6. The molecule has 4 rings (SSSR count). The van der Waals surface area contributed by atoms with Crippen molar-refractivity contribution < 1.29 is 4.79 Å². The number of hydrogen-bond donors (Lipinski definition) is 1. The summed E-state index contributed by atoms with van der Waals surface area (Å²) in [5.41, 5.74) is 0.664. The van der Waals surface area contributed by atoms with Crippen LogP contribution in [0.2, 0.25) is 0 Å². The summed E-state index contributed by atoms with van der Waals surface area (Å²) in [6.45, 7) is 3.14. The zero-order valence-corrected chi connectivity index (χ0v) is 15.8. The summed E-state index contributed by atoms with van der Waals surface area (Å²) < 4.78 is 0. The first-order valence-electron chi connectivity index (χ1n) is 9.50. The van der Waals surface area contributed by atoms with Crippen LogP contribution in [0.5, 0.6) is 0 Å². The second-order valence-electron chi connectivity index (χ2n) is 7.19. The van der Waals surface area contributed by atoms with Crippen LogP contribution >= 0.6 is 11.8 Å². The molecular weight excluding hydrogens is 342 g/mol. The Morgan fingerprint density at radius 2 is 1.85 bits per heavy atom. The van der Waals surface area contributed by atoms with Crippen molar-refractivity contribution in [2.75, 3.05) is 19.6 Å². The van der Waals surface area contributed by atoms with Crippen LogP contribution in [0.15, 0.2) is 58.6 Å². The molecule has 1 N–H and O–H groups in total.